The molecular formula is C16H23F2NO. The molecule has 2 nitrogen and oxygen atoms in total. The van der Waals surface area contributed by atoms with Crippen LogP contribution < -0.4 is 10.5 Å². The molecule has 1 aromatic carbocycles. The molecule has 0 saturated heterocycles. The fourth-order valence-electron chi connectivity index (χ4n) is 3.53. The number of methoxy groups -OCH3 is 1. The van der Waals surface area contributed by atoms with Crippen LogP contribution >= 0.6 is 0 Å². The Bertz CT molecular complexity index is 468. The van der Waals surface area contributed by atoms with Crippen LogP contribution in [-0.4, -0.2) is 13.7 Å². The number of nitrogens with two attached hydrogens (primary N) is 1. The first-order chi connectivity index (χ1) is 9.55. The van der Waals surface area contributed by atoms with Crippen molar-refractivity contribution in [2.24, 2.45) is 5.73 Å². The fourth-order valence-corrected chi connectivity index (χ4v) is 3.53. The van der Waals surface area contributed by atoms with E-state index < -0.39 is 6.43 Å². The molecule has 0 heterocycles. The summed E-state index contributed by atoms with van der Waals surface area (Å²) in [5.74, 6) is 0.340. The van der Waals surface area contributed by atoms with Crippen molar-refractivity contribution in [2.75, 3.05) is 13.7 Å². The number of rotatable bonds is 4. The number of ether oxygens (including phenoxy) is 1. The van der Waals surface area contributed by atoms with E-state index in [9.17, 15) is 8.78 Å². The molecule has 20 heavy (non-hydrogen) atoms. The minimum atomic E-state index is -2.53. The van der Waals surface area contributed by atoms with Crippen LogP contribution in [0.25, 0.3) is 0 Å². The normalized spacial score (nSPS) is 18.3. The molecule has 1 fully saturated rings. The lowest BCUT2D eigenvalue weighted by Crippen LogP contribution is -2.38. The standard InChI is InChI=1S/C16H23F2NO/c1-11-6-7-12(15(17)18)14(20-2)13(11)16(10-19)8-4-3-5-9-16/h6-7,15H,3-5,8-10,19H2,1-2H3. The van der Waals surface area contributed by atoms with Gasteiger partial charge in [-0.1, -0.05) is 25.3 Å². The van der Waals surface area contributed by atoms with Crippen LogP contribution in [0, 0.1) is 6.92 Å². The first-order valence-corrected chi connectivity index (χ1v) is 7.22. The third-order valence-electron chi connectivity index (χ3n) is 4.57. The molecule has 0 amide bonds. The predicted molar refractivity (Wildman–Crippen MR) is 76.5 cm³/mol. The van der Waals surface area contributed by atoms with Gasteiger partial charge in [-0.05, 0) is 31.4 Å². The molecule has 0 aliphatic heterocycles. The lowest BCUT2D eigenvalue weighted by atomic mass is 9.67. The number of hydrogen-bond donors (Lipinski definition) is 1. The summed E-state index contributed by atoms with van der Waals surface area (Å²) in [7, 11) is 1.47. The zero-order chi connectivity index (χ0) is 14.8. The summed E-state index contributed by atoms with van der Waals surface area (Å²) < 4.78 is 31.8. The van der Waals surface area contributed by atoms with E-state index >= 15 is 0 Å². The Morgan fingerprint density at radius 2 is 1.90 bits per heavy atom. The highest BCUT2D eigenvalue weighted by Crippen LogP contribution is 2.46. The van der Waals surface area contributed by atoms with Crippen LogP contribution in [0.1, 0.15) is 55.2 Å². The molecule has 4 heteroatoms. The number of aryl methyl sites for hydroxylation is 1. The van der Waals surface area contributed by atoms with Crippen molar-refractivity contribution >= 4 is 0 Å². The van der Waals surface area contributed by atoms with Gasteiger partial charge >= 0.3 is 0 Å². The molecule has 0 bridgehead atoms. The van der Waals surface area contributed by atoms with Crippen LogP contribution in [0.15, 0.2) is 12.1 Å². The maximum atomic E-state index is 13.2. The molecule has 2 rings (SSSR count). The maximum absolute atomic E-state index is 13.2. The highest BCUT2D eigenvalue weighted by Gasteiger charge is 2.37. The average molecular weight is 283 g/mol. The Kier molecular flexibility index (Phi) is 4.63. The van der Waals surface area contributed by atoms with Gasteiger partial charge in [0.2, 0.25) is 0 Å². The Labute approximate surface area is 119 Å². The lowest BCUT2D eigenvalue weighted by Gasteiger charge is -2.39. The molecule has 0 unspecified atom stereocenters. The number of alkyl halides is 2. The smallest absolute Gasteiger partial charge is 0.267 e. The monoisotopic (exact) mass is 283 g/mol. The second-order valence-corrected chi connectivity index (χ2v) is 5.73. The summed E-state index contributed by atoms with van der Waals surface area (Å²) in [6.07, 6.45) is 2.76. The van der Waals surface area contributed by atoms with Crippen LogP contribution in [0.4, 0.5) is 8.78 Å². The Morgan fingerprint density at radius 1 is 1.25 bits per heavy atom. The molecule has 2 N–H and O–H groups in total. The molecule has 1 saturated carbocycles. The third-order valence-corrected chi connectivity index (χ3v) is 4.57. The fraction of sp³-hybridized carbons (Fsp3) is 0.625. The molecule has 0 atom stereocenters. The van der Waals surface area contributed by atoms with Gasteiger partial charge in [0.15, 0.2) is 0 Å². The highest BCUT2D eigenvalue weighted by molar-refractivity contribution is 5.51. The van der Waals surface area contributed by atoms with Gasteiger partial charge in [0, 0.05) is 17.5 Å². The van der Waals surface area contributed by atoms with Gasteiger partial charge in [0.25, 0.3) is 6.43 Å². The maximum Gasteiger partial charge on any atom is 0.267 e. The van der Waals surface area contributed by atoms with Gasteiger partial charge in [-0.3, -0.25) is 0 Å². The van der Waals surface area contributed by atoms with Crippen molar-refractivity contribution in [1.82, 2.24) is 0 Å². The van der Waals surface area contributed by atoms with E-state index in [2.05, 4.69) is 0 Å². The first-order valence-electron chi connectivity index (χ1n) is 7.22. The zero-order valence-electron chi connectivity index (χ0n) is 12.2. The predicted octanol–water partition coefficient (Wildman–Crippen LogP) is 4.10. The summed E-state index contributed by atoms with van der Waals surface area (Å²) in [6.45, 7) is 2.44. The van der Waals surface area contributed by atoms with E-state index in [1.807, 2.05) is 6.92 Å². The van der Waals surface area contributed by atoms with E-state index in [4.69, 9.17) is 10.5 Å². The van der Waals surface area contributed by atoms with E-state index in [1.165, 1.54) is 19.6 Å². The minimum Gasteiger partial charge on any atom is -0.496 e. The first kappa shape index (κ1) is 15.2. The summed E-state index contributed by atoms with van der Waals surface area (Å²) in [6, 6.07) is 3.24. The van der Waals surface area contributed by atoms with Crippen molar-refractivity contribution in [3.8, 4) is 5.75 Å². The summed E-state index contributed by atoms with van der Waals surface area (Å²) >= 11 is 0. The van der Waals surface area contributed by atoms with Gasteiger partial charge in [-0.25, -0.2) is 8.78 Å². The third kappa shape index (κ3) is 2.53. The van der Waals surface area contributed by atoms with Crippen molar-refractivity contribution in [3.05, 3.63) is 28.8 Å². The van der Waals surface area contributed by atoms with Gasteiger partial charge in [-0.15, -0.1) is 0 Å². The molecule has 1 aromatic rings. The van der Waals surface area contributed by atoms with E-state index in [1.54, 1.807) is 6.07 Å². The van der Waals surface area contributed by atoms with Crippen LogP contribution in [0.2, 0.25) is 0 Å². The number of halogens is 2. The molecule has 0 aromatic heterocycles. The van der Waals surface area contributed by atoms with Gasteiger partial charge in [0.05, 0.1) is 12.7 Å². The number of hydrogen-bond acceptors (Lipinski definition) is 2. The largest absolute Gasteiger partial charge is 0.496 e. The van der Waals surface area contributed by atoms with Crippen molar-refractivity contribution in [2.45, 2.75) is 50.9 Å². The number of benzene rings is 1. The van der Waals surface area contributed by atoms with Gasteiger partial charge in [0.1, 0.15) is 5.75 Å². The Balaban J connectivity index is 2.61. The van der Waals surface area contributed by atoms with Crippen LogP contribution in [0.5, 0.6) is 5.75 Å². The topological polar surface area (TPSA) is 35.2 Å². The molecular weight excluding hydrogens is 260 g/mol. The summed E-state index contributed by atoms with van der Waals surface area (Å²) in [4.78, 5) is 0. The van der Waals surface area contributed by atoms with Gasteiger partial charge < -0.3 is 10.5 Å². The van der Waals surface area contributed by atoms with Crippen molar-refractivity contribution in [1.29, 1.82) is 0 Å². The van der Waals surface area contributed by atoms with E-state index in [0.29, 0.717) is 12.3 Å². The Hall–Kier alpha value is -1.16. The molecule has 1 aliphatic carbocycles. The molecule has 0 radical (unpaired) electrons. The minimum absolute atomic E-state index is 0.0218. The second-order valence-electron chi connectivity index (χ2n) is 5.73. The lowest BCUT2D eigenvalue weighted by molar-refractivity contribution is 0.146. The molecule has 112 valence electrons. The highest BCUT2D eigenvalue weighted by atomic mass is 19.3. The second kappa shape index (κ2) is 6.08. The zero-order valence-corrected chi connectivity index (χ0v) is 12.2. The van der Waals surface area contributed by atoms with E-state index in [-0.39, 0.29) is 11.0 Å². The molecule has 1 aliphatic rings. The van der Waals surface area contributed by atoms with Crippen molar-refractivity contribution < 1.29 is 13.5 Å². The van der Waals surface area contributed by atoms with E-state index in [0.717, 1.165) is 36.8 Å². The Morgan fingerprint density at radius 3 is 2.40 bits per heavy atom. The van der Waals surface area contributed by atoms with Crippen molar-refractivity contribution in [3.63, 3.8) is 0 Å². The summed E-state index contributed by atoms with van der Waals surface area (Å²) in [5, 5.41) is 0. The van der Waals surface area contributed by atoms with Gasteiger partial charge in [-0.2, -0.15) is 0 Å². The van der Waals surface area contributed by atoms with Crippen LogP contribution in [-0.2, 0) is 5.41 Å². The average Bonchev–Trinajstić information content (AvgIpc) is 2.47. The SMILES string of the molecule is COc1c(C(F)F)ccc(C)c1C1(CN)CCCCC1. The van der Waals surface area contributed by atoms with Crippen LogP contribution in [0.3, 0.4) is 0 Å². The molecule has 0 spiro atoms. The quantitative estimate of drug-likeness (QED) is 0.902. The summed E-state index contributed by atoms with van der Waals surface area (Å²) in [5.41, 5.74) is 7.72.